The summed E-state index contributed by atoms with van der Waals surface area (Å²) < 4.78 is 4.20. The van der Waals surface area contributed by atoms with E-state index in [1.165, 1.54) is 18.0 Å². The number of anilines is 1. The van der Waals surface area contributed by atoms with Crippen LogP contribution in [0.3, 0.4) is 0 Å². The summed E-state index contributed by atoms with van der Waals surface area (Å²) in [6, 6.07) is 0. The summed E-state index contributed by atoms with van der Waals surface area (Å²) in [5.41, 5.74) is 0. The maximum atomic E-state index is 5.74. The second kappa shape index (κ2) is 4.45. The molecule has 0 radical (unpaired) electrons. The number of nitrogens with zero attached hydrogens (tertiary/aromatic N) is 3. The summed E-state index contributed by atoms with van der Waals surface area (Å²) in [4.78, 5) is 6.71. The zero-order chi connectivity index (χ0) is 9.97. The minimum absolute atomic E-state index is 0.747. The first-order valence-corrected chi connectivity index (χ1v) is 6.21. The standard InChI is InChI=1S/C9H14ClN3S/c1-7-11-9(14-12-7)13-5-3-8(6-13)2-4-10/h8H,2-6H2,1H3. The van der Waals surface area contributed by atoms with E-state index in [-0.39, 0.29) is 0 Å². The van der Waals surface area contributed by atoms with Gasteiger partial charge >= 0.3 is 0 Å². The van der Waals surface area contributed by atoms with Crippen LogP contribution in [0.2, 0.25) is 0 Å². The van der Waals surface area contributed by atoms with Crippen molar-refractivity contribution < 1.29 is 0 Å². The number of hydrogen-bond donors (Lipinski definition) is 0. The predicted molar refractivity (Wildman–Crippen MR) is 60.3 cm³/mol. The third-order valence-electron chi connectivity index (χ3n) is 2.59. The highest BCUT2D eigenvalue weighted by atomic mass is 35.5. The van der Waals surface area contributed by atoms with Crippen molar-refractivity contribution in [3.05, 3.63) is 5.82 Å². The van der Waals surface area contributed by atoms with Gasteiger partial charge in [-0.25, -0.2) is 4.98 Å². The fourth-order valence-electron chi connectivity index (χ4n) is 1.81. The predicted octanol–water partition coefficient (Wildman–Crippen LogP) is 2.30. The number of rotatable bonds is 3. The Morgan fingerprint density at radius 3 is 3.14 bits per heavy atom. The Morgan fingerprint density at radius 2 is 2.50 bits per heavy atom. The van der Waals surface area contributed by atoms with E-state index in [9.17, 15) is 0 Å². The quantitative estimate of drug-likeness (QED) is 0.748. The Morgan fingerprint density at radius 1 is 1.64 bits per heavy atom. The van der Waals surface area contributed by atoms with Gasteiger partial charge < -0.3 is 4.90 Å². The highest BCUT2D eigenvalue weighted by Gasteiger charge is 2.23. The molecule has 1 aromatic heterocycles. The second-order valence-corrected chi connectivity index (χ2v) is 4.81. The fraction of sp³-hybridized carbons (Fsp3) is 0.778. The van der Waals surface area contributed by atoms with Gasteiger partial charge in [0, 0.05) is 30.5 Å². The van der Waals surface area contributed by atoms with Crippen molar-refractivity contribution in [2.75, 3.05) is 23.9 Å². The van der Waals surface area contributed by atoms with Gasteiger partial charge in [-0.05, 0) is 25.7 Å². The first kappa shape index (κ1) is 10.2. The van der Waals surface area contributed by atoms with E-state index in [4.69, 9.17) is 11.6 Å². The minimum Gasteiger partial charge on any atom is -0.347 e. The molecule has 1 fully saturated rings. The molecule has 1 aromatic rings. The number of aromatic nitrogens is 2. The molecule has 0 N–H and O–H groups in total. The van der Waals surface area contributed by atoms with Crippen molar-refractivity contribution >= 4 is 28.3 Å². The summed E-state index contributed by atoms with van der Waals surface area (Å²) in [5.74, 6) is 2.40. The van der Waals surface area contributed by atoms with Crippen molar-refractivity contribution in [1.82, 2.24) is 9.36 Å². The SMILES string of the molecule is Cc1nsc(N2CCC(CCCl)C2)n1. The molecule has 0 aliphatic carbocycles. The molecule has 0 saturated carbocycles. The molecule has 1 unspecified atom stereocenters. The molecule has 1 aliphatic heterocycles. The lowest BCUT2D eigenvalue weighted by atomic mass is 10.1. The van der Waals surface area contributed by atoms with Crippen LogP contribution in [0.15, 0.2) is 0 Å². The molecular weight excluding hydrogens is 218 g/mol. The molecule has 1 aliphatic rings. The van der Waals surface area contributed by atoms with Crippen LogP contribution in [0.1, 0.15) is 18.7 Å². The summed E-state index contributed by atoms with van der Waals surface area (Å²) in [7, 11) is 0. The number of aryl methyl sites for hydroxylation is 1. The maximum absolute atomic E-state index is 5.74. The molecule has 3 nitrogen and oxygen atoms in total. The van der Waals surface area contributed by atoms with Crippen LogP contribution in [0.4, 0.5) is 5.13 Å². The zero-order valence-electron chi connectivity index (χ0n) is 8.24. The van der Waals surface area contributed by atoms with E-state index in [2.05, 4.69) is 14.3 Å². The van der Waals surface area contributed by atoms with Crippen LogP contribution in [0, 0.1) is 12.8 Å². The average Bonchev–Trinajstić information content (AvgIpc) is 2.74. The van der Waals surface area contributed by atoms with E-state index in [1.807, 2.05) is 6.92 Å². The molecule has 14 heavy (non-hydrogen) atoms. The Kier molecular flexibility index (Phi) is 3.23. The van der Waals surface area contributed by atoms with Gasteiger partial charge in [0.15, 0.2) is 0 Å². The summed E-state index contributed by atoms with van der Waals surface area (Å²) in [6.45, 7) is 4.14. The maximum Gasteiger partial charge on any atom is 0.205 e. The first-order chi connectivity index (χ1) is 6.79. The lowest BCUT2D eigenvalue weighted by molar-refractivity contribution is 0.572. The van der Waals surface area contributed by atoms with Gasteiger partial charge in [-0.1, -0.05) is 0 Å². The van der Waals surface area contributed by atoms with Crippen LogP contribution in [0.5, 0.6) is 0 Å². The lowest BCUT2D eigenvalue weighted by Gasteiger charge is -2.13. The number of hydrogen-bond acceptors (Lipinski definition) is 4. The average molecular weight is 232 g/mol. The Labute approximate surface area is 93.3 Å². The molecule has 0 aromatic carbocycles. The van der Waals surface area contributed by atoms with Crippen molar-refractivity contribution in [2.45, 2.75) is 19.8 Å². The third-order valence-corrected chi connectivity index (χ3v) is 3.68. The molecule has 0 bridgehead atoms. The molecule has 1 saturated heterocycles. The molecule has 1 atom stereocenters. The van der Waals surface area contributed by atoms with E-state index in [0.29, 0.717) is 0 Å². The third kappa shape index (κ3) is 2.17. The highest BCUT2D eigenvalue weighted by Crippen LogP contribution is 2.26. The van der Waals surface area contributed by atoms with E-state index >= 15 is 0 Å². The molecular formula is C9H14ClN3S. The normalized spacial score (nSPS) is 21.9. The van der Waals surface area contributed by atoms with Crippen LogP contribution in [-0.2, 0) is 0 Å². The van der Waals surface area contributed by atoms with Crippen molar-refractivity contribution in [3.63, 3.8) is 0 Å². The van der Waals surface area contributed by atoms with Crippen molar-refractivity contribution in [2.24, 2.45) is 5.92 Å². The molecule has 0 amide bonds. The second-order valence-electron chi connectivity index (χ2n) is 3.70. The summed E-state index contributed by atoms with van der Waals surface area (Å²) in [6.07, 6.45) is 2.36. The van der Waals surface area contributed by atoms with Gasteiger partial charge in [0.25, 0.3) is 0 Å². The van der Waals surface area contributed by atoms with Crippen molar-refractivity contribution in [1.29, 1.82) is 0 Å². The molecule has 0 spiro atoms. The topological polar surface area (TPSA) is 29.0 Å². The first-order valence-electron chi connectivity index (χ1n) is 4.91. The Balaban J connectivity index is 1.95. The highest BCUT2D eigenvalue weighted by molar-refractivity contribution is 7.09. The van der Waals surface area contributed by atoms with Crippen molar-refractivity contribution in [3.8, 4) is 0 Å². The Hall–Kier alpha value is -0.350. The van der Waals surface area contributed by atoms with Gasteiger partial charge in [0.1, 0.15) is 5.82 Å². The lowest BCUT2D eigenvalue weighted by Crippen LogP contribution is -2.19. The van der Waals surface area contributed by atoms with E-state index < -0.39 is 0 Å². The van der Waals surface area contributed by atoms with Crippen LogP contribution in [-0.4, -0.2) is 28.3 Å². The smallest absolute Gasteiger partial charge is 0.205 e. The molecule has 2 heterocycles. The summed E-state index contributed by atoms with van der Waals surface area (Å²) >= 11 is 7.23. The molecule has 78 valence electrons. The van der Waals surface area contributed by atoms with Gasteiger partial charge in [-0.2, -0.15) is 4.37 Å². The monoisotopic (exact) mass is 231 g/mol. The fourth-order valence-corrected chi connectivity index (χ4v) is 2.83. The van der Waals surface area contributed by atoms with Gasteiger partial charge in [-0.3, -0.25) is 0 Å². The van der Waals surface area contributed by atoms with Crippen LogP contribution < -0.4 is 4.90 Å². The zero-order valence-corrected chi connectivity index (χ0v) is 9.81. The minimum atomic E-state index is 0.747. The van der Waals surface area contributed by atoms with E-state index in [1.54, 1.807) is 0 Å². The molecule has 2 rings (SSSR count). The van der Waals surface area contributed by atoms with Crippen LogP contribution >= 0.6 is 23.1 Å². The van der Waals surface area contributed by atoms with Crippen LogP contribution in [0.25, 0.3) is 0 Å². The van der Waals surface area contributed by atoms with Gasteiger partial charge in [-0.15, -0.1) is 11.6 Å². The van der Waals surface area contributed by atoms with Gasteiger partial charge in [0.2, 0.25) is 5.13 Å². The van der Waals surface area contributed by atoms with Gasteiger partial charge in [0.05, 0.1) is 0 Å². The Bertz CT molecular complexity index is 302. The molecule has 5 heteroatoms. The number of alkyl halides is 1. The number of halogens is 1. The largest absolute Gasteiger partial charge is 0.347 e. The summed E-state index contributed by atoms with van der Waals surface area (Å²) in [5, 5.41) is 1.07. The van der Waals surface area contributed by atoms with E-state index in [0.717, 1.165) is 42.3 Å².